The fourth-order valence-electron chi connectivity index (χ4n) is 2.08. The van der Waals surface area contributed by atoms with Crippen molar-refractivity contribution in [2.45, 2.75) is 58.4 Å². The topological polar surface area (TPSA) is 29.1 Å². The predicted octanol–water partition coefficient (Wildman–Crippen LogP) is 3.70. The molecular weight excluding hydrogens is 222 g/mol. The Balaban J connectivity index is 2.19. The van der Waals surface area contributed by atoms with Gasteiger partial charge in [-0.05, 0) is 25.3 Å². The van der Waals surface area contributed by atoms with E-state index in [-0.39, 0.29) is 11.9 Å². The highest BCUT2D eigenvalue weighted by atomic mass is 16.1. The van der Waals surface area contributed by atoms with Gasteiger partial charge in [0.25, 0.3) is 0 Å². The summed E-state index contributed by atoms with van der Waals surface area (Å²) >= 11 is 0. The molecule has 18 heavy (non-hydrogen) atoms. The van der Waals surface area contributed by atoms with E-state index in [4.69, 9.17) is 0 Å². The molecule has 1 aromatic rings. The molecule has 0 radical (unpaired) electrons. The molecule has 0 aliphatic rings. The molecule has 0 aromatic heterocycles. The van der Waals surface area contributed by atoms with Crippen molar-refractivity contribution in [2.24, 2.45) is 0 Å². The van der Waals surface area contributed by atoms with Crippen LogP contribution < -0.4 is 5.32 Å². The normalized spacial score (nSPS) is 12.1. The Bertz CT molecular complexity index is 334. The summed E-state index contributed by atoms with van der Waals surface area (Å²) in [6.07, 6.45) is 6.19. The van der Waals surface area contributed by atoms with Crippen LogP contribution in [0.1, 0.15) is 51.5 Å². The van der Waals surface area contributed by atoms with Crippen LogP contribution in [0.5, 0.6) is 0 Å². The third-order valence-corrected chi connectivity index (χ3v) is 3.05. The molecule has 0 saturated heterocycles. The van der Waals surface area contributed by atoms with Crippen LogP contribution >= 0.6 is 0 Å². The zero-order valence-electron chi connectivity index (χ0n) is 11.6. The largest absolute Gasteiger partial charge is 0.353 e. The maximum atomic E-state index is 11.7. The fraction of sp³-hybridized carbons (Fsp3) is 0.562. The van der Waals surface area contributed by atoms with E-state index in [1.807, 2.05) is 18.2 Å². The number of carbonyl (C=O) groups is 1. The van der Waals surface area contributed by atoms with E-state index in [9.17, 15) is 4.79 Å². The standard InChI is InChI=1S/C16H25NO/c1-3-4-5-9-12-16(18)17-14(2)13-15-10-7-6-8-11-15/h6-8,10-11,14H,3-5,9,12-13H2,1-2H3,(H,17,18)/t14-/m0/s1. The molecule has 1 atom stereocenters. The van der Waals surface area contributed by atoms with Gasteiger partial charge in [-0.3, -0.25) is 4.79 Å². The minimum atomic E-state index is 0.189. The minimum absolute atomic E-state index is 0.189. The van der Waals surface area contributed by atoms with Crippen LogP contribution in [0, 0.1) is 0 Å². The lowest BCUT2D eigenvalue weighted by Gasteiger charge is -2.13. The molecule has 0 spiro atoms. The van der Waals surface area contributed by atoms with Crippen molar-refractivity contribution < 1.29 is 4.79 Å². The van der Waals surface area contributed by atoms with Crippen molar-refractivity contribution in [3.8, 4) is 0 Å². The van der Waals surface area contributed by atoms with Gasteiger partial charge < -0.3 is 5.32 Å². The van der Waals surface area contributed by atoms with Crippen molar-refractivity contribution in [1.29, 1.82) is 0 Å². The molecule has 1 rings (SSSR count). The molecule has 1 aromatic carbocycles. The summed E-state index contributed by atoms with van der Waals surface area (Å²) in [4.78, 5) is 11.7. The second kappa shape index (κ2) is 8.73. The van der Waals surface area contributed by atoms with Gasteiger partial charge in [-0.2, -0.15) is 0 Å². The highest BCUT2D eigenvalue weighted by molar-refractivity contribution is 5.76. The minimum Gasteiger partial charge on any atom is -0.353 e. The molecule has 0 saturated carbocycles. The summed E-state index contributed by atoms with van der Waals surface area (Å²) < 4.78 is 0. The average Bonchev–Trinajstić information content (AvgIpc) is 2.35. The van der Waals surface area contributed by atoms with Crippen LogP contribution in [0.2, 0.25) is 0 Å². The number of rotatable bonds is 8. The molecule has 100 valence electrons. The quantitative estimate of drug-likeness (QED) is 0.697. The molecule has 2 heteroatoms. The zero-order chi connectivity index (χ0) is 13.2. The fourth-order valence-corrected chi connectivity index (χ4v) is 2.08. The van der Waals surface area contributed by atoms with Crippen molar-refractivity contribution in [1.82, 2.24) is 5.32 Å². The number of carbonyl (C=O) groups excluding carboxylic acids is 1. The van der Waals surface area contributed by atoms with E-state index in [1.165, 1.54) is 18.4 Å². The van der Waals surface area contributed by atoms with Gasteiger partial charge in [0, 0.05) is 12.5 Å². The molecule has 0 bridgehead atoms. The van der Waals surface area contributed by atoms with Crippen molar-refractivity contribution in [3.05, 3.63) is 35.9 Å². The van der Waals surface area contributed by atoms with Crippen molar-refractivity contribution in [3.63, 3.8) is 0 Å². The number of nitrogens with one attached hydrogen (secondary N) is 1. The summed E-state index contributed by atoms with van der Waals surface area (Å²) in [6, 6.07) is 10.5. The van der Waals surface area contributed by atoms with Crippen LogP contribution in [0.4, 0.5) is 0 Å². The Morgan fingerprint density at radius 1 is 1.17 bits per heavy atom. The molecule has 1 amide bonds. The smallest absolute Gasteiger partial charge is 0.220 e. The second-order valence-electron chi connectivity index (χ2n) is 4.97. The molecule has 0 aliphatic carbocycles. The van der Waals surface area contributed by atoms with E-state index >= 15 is 0 Å². The number of unbranched alkanes of at least 4 members (excludes halogenated alkanes) is 3. The Morgan fingerprint density at radius 2 is 1.89 bits per heavy atom. The van der Waals surface area contributed by atoms with Gasteiger partial charge in [-0.25, -0.2) is 0 Å². The van der Waals surface area contributed by atoms with Gasteiger partial charge in [0.05, 0.1) is 0 Å². The lowest BCUT2D eigenvalue weighted by molar-refractivity contribution is -0.121. The molecule has 1 N–H and O–H groups in total. The lowest BCUT2D eigenvalue weighted by atomic mass is 10.1. The number of hydrogen-bond donors (Lipinski definition) is 1. The van der Waals surface area contributed by atoms with Crippen molar-refractivity contribution in [2.75, 3.05) is 0 Å². The third-order valence-electron chi connectivity index (χ3n) is 3.05. The van der Waals surface area contributed by atoms with E-state index in [2.05, 4.69) is 31.3 Å². The molecule has 2 nitrogen and oxygen atoms in total. The highest BCUT2D eigenvalue weighted by Gasteiger charge is 2.07. The Morgan fingerprint density at radius 3 is 2.56 bits per heavy atom. The van der Waals surface area contributed by atoms with E-state index in [0.29, 0.717) is 6.42 Å². The van der Waals surface area contributed by atoms with Crippen LogP contribution in [-0.4, -0.2) is 11.9 Å². The summed E-state index contributed by atoms with van der Waals surface area (Å²) in [5.41, 5.74) is 1.27. The maximum Gasteiger partial charge on any atom is 0.220 e. The Hall–Kier alpha value is -1.31. The molecule has 0 unspecified atom stereocenters. The maximum absolute atomic E-state index is 11.7. The van der Waals surface area contributed by atoms with Gasteiger partial charge in [0.1, 0.15) is 0 Å². The van der Waals surface area contributed by atoms with Gasteiger partial charge in [0.15, 0.2) is 0 Å². The first-order chi connectivity index (χ1) is 8.72. The summed E-state index contributed by atoms with van der Waals surface area (Å²) in [5, 5.41) is 3.07. The highest BCUT2D eigenvalue weighted by Crippen LogP contribution is 2.05. The lowest BCUT2D eigenvalue weighted by Crippen LogP contribution is -2.33. The van der Waals surface area contributed by atoms with E-state index < -0.39 is 0 Å². The van der Waals surface area contributed by atoms with Gasteiger partial charge in [-0.15, -0.1) is 0 Å². The van der Waals surface area contributed by atoms with Crippen LogP contribution in [0.3, 0.4) is 0 Å². The third kappa shape index (κ3) is 6.43. The summed E-state index contributed by atoms with van der Waals surface area (Å²) in [5.74, 6) is 0.189. The molecular formula is C16H25NO. The van der Waals surface area contributed by atoms with Gasteiger partial charge in [-0.1, -0.05) is 56.5 Å². The molecule has 0 aliphatic heterocycles. The average molecular weight is 247 g/mol. The van der Waals surface area contributed by atoms with Crippen molar-refractivity contribution >= 4 is 5.91 Å². The van der Waals surface area contributed by atoms with Gasteiger partial charge in [0.2, 0.25) is 5.91 Å². The first-order valence-corrected chi connectivity index (χ1v) is 7.05. The van der Waals surface area contributed by atoms with Crippen LogP contribution in [0.25, 0.3) is 0 Å². The van der Waals surface area contributed by atoms with E-state index in [0.717, 1.165) is 19.3 Å². The zero-order valence-corrected chi connectivity index (χ0v) is 11.6. The SMILES string of the molecule is CCCCCCC(=O)N[C@@H](C)Cc1ccccc1. The summed E-state index contributed by atoms with van der Waals surface area (Å²) in [7, 11) is 0. The van der Waals surface area contributed by atoms with Crippen LogP contribution in [0.15, 0.2) is 30.3 Å². The molecule has 0 heterocycles. The van der Waals surface area contributed by atoms with Crippen LogP contribution in [-0.2, 0) is 11.2 Å². The van der Waals surface area contributed by atoms with E-state index in [1.54, 1.807) is 0 Å². The summed E-state index contributed by atoms with van der Waals surface area (Å²) in [6.45, 7) is 4.25. The predicted molar refractivity (Wildman–Crippen MR) is 76.5 cm³/mol. The van der Waals surface area contributed by atoms with Gasteiger partial charge >= 0.3 is 0 Å². The monoisotopic (exact) mass is 247 g/mol. The Kier molecular flexibility index (Phi) is 7.16. The number of benzene rings is 1. The Labute approximate surface area is 111 Å². The second-order valence-corrected chi connectivity index (χ2v) is 4.97. The molecule has 0 fully saturated rings. The first-order valence-electron chi connectivity index (χ1n) is 7.05. The number of hydrogen-bond acceptors (Lipinski definition) is 1. The first kappa shape index (κ1) is 14.7. The number of amides is 1.